The second kappa shape index (κ2) is 8.19. The van der Waals surface area contributed by atoms with Gasteiger partial charge in [0.25, 0.3) is 11.8 Å². The van der Waals surface area contributed by atoms with Gasteiger partial charge in [-0.05, 0) is 31.4 Å². The van der Waals surface area contributed by atoms with Crippen molar-refractivity contribution in [2.75, 3.05) is 25.0 Å². The summed E-state index contributed by atoms with van der Waals surface area (Å²) in [6, 6.07) is 9.64. The Labute approximate surface area is 170 Å². The Morgan fingerprint density at radius 3 is 2.59 bits per heavy atom. The molecule has 1 aromatic heterocycles. The number of carbonyl (C=O) groups is 2. The van der Waals surface area contributed by atoms with Crippen LogP contribution in [0.1, 0.15) is 64.8 Å². The zero-order valence-corrected chi connectivity index (χ0v) is 16.9. The number of nitrogens with one attached hydrogen (secondary N) is 2. The predicted molar refractivity (Wildman–Crippen MR) is 111 cm³/mol. The van der Waals surface area contributed by atoms with Crippen LogP contribution in [-0.4, -0.2) is 52.4 Å². The molecule has 2 aliphatic rings. The van der Waals surface area contributed by atoms with Gasteiger partial charge in [-0.2, -0.15) is 0 Å². The molecule has 0 aliphatic carbocycles. The van der Waals surface area contributed by atoms with E-state index in [0.717, 1.165) is 36.2 Å². The fourth-order valence-electron chi connectivity index (χ4n) is 3.87. The van der Waals surface area contributed by atoms with Crippen molar-refractivity contribution in [2.45, 2.75) is 45.1 Å². The molecule has 7 heteroatoms. The van der Waals surface area contributed by atoms with Gasteiger partial charge in [-0.25, -0.2) is 9.97 Å². The maximum atomic E-state index is 12.7. The average molecular weight is 393 g/mol. The summed E-state index contributed by atoms with van der Waals surface area (Å²) in [6.07, 6.45) is 2.42. The summed E-state index contributed by atoms with van der Waals surface area (Å²) in [6.45, 7) is 6.07. The van der Waals surface area contributed by atoms with Gasteiger partial charge in [-0.1, -0.05) is 32.0 Å². The number of rotatable bonds is 4. The minimum Gasteiger partial charge on any atom is -0.367 e. The number of likely N-dealkylation sites (tertiary alicyclic amines) is 1. The van der Waals surface area contributed by atoms with E-state index < -0.39 is 0 Å². The van der Waals surface area contributed by atoms with Crippen LogP contribution in [0.15, 0.2) is 30.3 Å². The monoisotopic (exact) mass is 393 g/mol. The van der Waals surface area contributed by atoms with Crippen LogP contribution in [-0.2, 0) is 6.42 Å². The zero-order valence-electron chi connectivity index (χ0n) is 16.9. The molecule has 29 heavy (non-hydrogen) atoms. The van der Waals surface area contributed by atoms with Gasteiger partial charge in [0, 0.05) is 42.7 Å². The molecule has 0 bridgehead atoms. The Morgan fingerprint density at radius 1 is 1.17 bits per heavy atom. The molecule has 1 saturated heterocycles. The van der Waals surface area contributed by atoms with Crippen molar-refractivity contribution in [2.24, 2.45) is 0 Å². The molecule has 0 spiro atoms. The van der Waals surface area contributed by atoms with Gasteiger partial charge in [-0.3, -0.25) is 9.59 Å². The first kappa shape index (κ1) is 19.4. The van der Waals surface area contributed by atoms with Gasteiger partial charge in [0.15, 0.2) is 0 Å². The SMILES string of the molecule is CC(C)c1nc(NC2CCN(C(=O)c3ccccc3)CC2)c2c(n1)C(=O)NCC2. The van der Waals surface area contributed by atoms with Crippen molar-refractivity contribution < 1.29 is 9.59 Å². The van der Waals surface area contributed by atoms with Crippen LogP contribution in [0.3, 0.4) is 0 Å². The van der Waals surface area contributed by atoms with Gasteiger partial charge < -0.3 is 15.5 Å². The highest BCUT2D eigenvalue weighted by molar-refractivity contribution is 5.96. The van der Waals surface area contributed by atoms with Crippen LogP contribution in [0, 0.1) is 0 Å². The molecular weight excluding hydrogens is 366 g/mol. The molecule has 1 fully saturated rings. The number of amides is 2. The molecule has 0 saturated carbocycles. The number of hydrogen-bond donors (Lipinski definition) is 2. The summed E-state index contributed by atoms with van der Waals surface area (Å²) in [5, 5.41) is 6.42. The molecule has 2 amide bonds. The van der Waals surface area contributed by atoms with E-state index in [4.69, 9.17) is 4.98 Å². The lowest BCUT2D eigenvalue weighted by Gasteiger charge is -2.33. The van der Waals surface area contributed by atoms with Gasteiger partial charge in [0.05, 0.1) is 0 Å². The molecule has 1 aromatic carbocycles. The Hall–Kier alpha value is -2.96. The predicted octanol–water partition coefficient (Wildman–Crippen LogP) is 2.60. The van der Waals surface area contributed by atoms with Gasteiger partial charge in [0.2, 0.25) is 0 Å². The van der Waals surface area contributed by atoms with Crippen LogP contribution in [0.4, 0.5) is 5.82 Å². The number of anilines is 1. The fourth-order valence-corrected chi connectivity index (χ4v) is 3.87. The van der Waals surface area contributed by atoms with E-state index in [1.165, 1.54) is 0 Å². The highest BCUT2D eigenvalue weighted by Gasteiger charge is 2.28. The van der Waals surface area contributed by atoms with E-state index in [2.05, 4.69) is 15.6 Å². The summed E-state index contributed by atoms with van der Waals surface area (Å²) in [4.78, 5) is 36.1. The van der Waals surface area contributed by atoms with Crippen molar-refractivity contribution in [3.63, 3.8) is 0 Å². The number of piperidine rings is 1. The van der Waals surface area contributed by atoms with Crippen molar-refractivity contribution >= 4 is 17.6 Å². The third-order valence-electron chi connectivity index (χ3n) is 5.56. The first-order valence-corrected chi connectivity index (χ1v) is 10.3. The Kier molecular flexibility index (Phi) is 5.47. The fraction of sp³-hybridized carbons (Fsp3) is 0.455. The van der Waals surface area contributed by atoms with E-state index in [1.807, 2.05) is 49.1 Å². The number of carbonyl (C=O) groups excluding carboxylic acids is 2. The van der Waals surface area contributed by atoms with Crippen LogP contribution in [0.2, 0.25) is 0 Å². The number of hydrogen-bond acceptors (Lipinski definition) is 5. The molecule has 3 heterocycles. The molecule has 152 valence electrons. The van der Waals surface area contributed by atoms with E-state index in [-0.39, 0.29) is 23.8 Å². The largest absolute Gasteiger partial charge is 0.367 e. The zero-order chi connectivity index (χ0) is 20.4. The van der Waals surface area contributed by atoms with E-state index in [0.29, 0.717) is 31.2 Å². The van der Waals surface area contributed by atoms with E-state index in [9.17, 15) is 9.59 Å². The molecule has 0 unspecified atom stereocenters. The topological polar surface area (TPSA) is 87.2 Å². The third-order valence-corrected chi connectivity index (χ3v) is 5.56. The van der Waals surface area contributed by atoms with Crippen LogP contribution in [0.25, 0.3) is 0 Å². The van der Waals surface area contributed by atoms with Crippen molar-refractivity contribution in [1.82, 2.24) is 20.2 Å². The quantitative estimate of drug-likeness (QED) is 0.834. The molecular formula is C22H27N5O2. The van der Waals surface area contributed by atoms with Gasteiger partial charge in [-0.15, -0.1) is 0 Å². The molecule has 7 nitrogen and oxygen atoms in total. The maximum absolute atomic E-state index is 12.7. The third kappa shape index (κ3) is 4.09. The van der Waals surface area contributed by atoms with Gasteiger partial charge >= 0.3 is 0 Å². The lowest BCUT2D eigenvalue weighted by molar-refractivity contribution is 0.0718. The van der Waals surface area contributed by atoms with E-state index in [1.54, 1.807) is 0 Å². The molecule has 0 radical (unpaired) electrons. The number of fused-ring (bicyclic) bond motifs is 1. The number of benzene rings is 1. The normalized spacial score (nSPS) is 17.1. The molecule has 2 N–H and O–H groups in total. The lowest BCUT2D eigenvalue weighted by atomic mass is 10.0. The maximum Gasteiger partial charge on any atom is 0.270 e. The van der Waals surface area contributed by atoms with E-state index >= 15 is 0 Å². The van der Waals surface area contributed by atoms with Crippen molar-refractivity contribution in [1.29, 1.82) is 0 Å². The first-order chi connectivity index (χ1) is 14.0. The Morgan fingerprint density at radius 2 is 1.90 bits per heavy atom. The number of nitrogens with zero attached hydrogens (tertiary/aromatic N) is 3. The summed E-state index contributed by atoms with van der Waals surface area (Å²) >= 11 is 0. The Bertz CT molecular complexity index is 905. The highest BCUT2D eigenvalue weighted by atomic mass is 16.2. The van der Waals surface area contributed by atoms with Gasteiger partial charge in [0.1, 0.15) is 17.3 Å². The van der Waals surface area contributed by atoms with Crippen LogP contribution < -0.4 is 10.6 Å². The summed E-state index contributed by atoms with van der Waals surface area (Å²) in [5.74, 6) is 1.56. The molecule has 2 aliphatic heterocycles. The first-order valence-electron chi connectivity index (χ1n) is 10.3. The minimum atomic E-state index is -0.123. The minimum absolute atomic E-state index is 0.0854. The van der Waals surface area contributed by atoms with Crippen LogP contribution in [0.5, 0.6) is 0 Å². The Balaban J connectivity index is 1.47. The smallest absolute Gasteiger partial charge is 0.270 e. The molecule has 4 rings (SSSR count). The lowest BCUT2D eigenvalue weighted by Crippen LogP contribution is -2.43. The second-order valence-electron chi connectivity index (χ2n) is 8.00. The highest BCUT2D eigenvalue weighted by Crippen LogP contribution is 2.25. The van der Waals surface area contributed by atoms with Crippen LogP contribution >= 0.6 is 0 Å². The average Bonchev–Trinajstić information content (AvgIpc) is 2.75. The standard InChI is InChI=1S/C22H27N5O2/c1-14(2)19-25-18-17(8-11-23-21(18)28)20(26-19)24-16-9-12-27(13-10-16)22(29)15-6-4-3-5-7-15/h3-7,14,16H,8-13H2,1-2H3,(H,23,28)(H,24,25,26). The summed E-state index contributed by atoms with van der Waals surface area (Å²) in [7, 11) is 0. The second-order valence-corrected chi connectivity index (χ2v) is 8.00. The molecule has 0 atom stereocenters. The van der Waals surface area contributed by atoms with Crippen molar-refractivity contribution in [3.8, 4) is 0 Å². The summed E-state index contributed by atoms with van der Waals surface area (Å²) < 4.78 is 0. The molecule has 2 aromatic rings. The number of aromatic nitrogens is 2. The van der Waals surface area contributed by atoms with Crippen molar-refractivity contribution in [3.05, 3.63) is 53.0 Å². The summed E-state index contributed by atoms with van der Waals surface area (Å²) in [5.41, 5.74) is 2.13.